The molecule has 1 atom stereocenters. The van der Waals surface area contributed by atoms with Crippen LogP contribution in [-0.2, 0) is 9.59 Å². The van der Waals surface area contributed by atoms with Gasteiger partial charge in [0.05, 0.1) is 6.04 Å². The molecule has 1 unspecified atom stereocenters. The predicted molar refractivity (Wildman–Crippen MR) is 71.8 cm³/mol. The van der Waals surface area contributed by atoms with Crippen molar-refractivity contribution in [1.29, 1.82) is 0 Å². The second-order valence-corrected chi connectivity index (χ2v) is 7.01. The summed E-state index contributed by atoms with van der Waals surface area (Å²) in [6.07, 6.45) is 0.340. The maximum absolute atomic E-state index is 14.0. The van der Waals surface area contributed by atoms with Crippen molar-refractivity contribution in [3.8, 4) is 0 Å². The molecule has 2 aliphatic rings. The van der Waals surface area contributed by atoms with Gasteiger partial charge < -0.3 is 15.3 Å². The van der Waals surface area contributed by atoms with E-state index in [0.717, 1.165) is 0 Å². The van der Waals surface area contributed by atoms with Crippen molar-refractivity contribution in [3.63, 3.8) is 0 Å². The van der Waals surface area contributed by atoms with Gasteiger partial charge in [-0.25, -0.2) is 0 Å². The summed E-state index contributed by atoms with van der Waals surface area (Å²) in [4.78, 5) is 25.2. The van der Waals surface area contributed by atoms with E-state index in [1.807, 2.05) is 20.8 Å². The number of alkyl halides is 2. The molecule has 0 aromatic heterocycles. The highest BCUT2D eigenvalue weighted by Crippen LogP contribution is 2.44. The minimum atomic E-state index is -3.82. The summed E-state index contributed by atoms with van der Waals surface area (Å²) < 4.78 is 27.9. The van der Waals surface area contributed by atoms with E-state index in [2.05, 4.69) is 5.32 Å². The molecule has 21 heavy (non-hydrogen) atoms. The number of likely N-dealkylation sites (tertiary alicyclic amines) is 1. The van der Waals surface area contributed by atoms with Crippen LogP contribution in [0, 0.1) is 0 Å². The lowest BCUT2D eigenvalue weighted by Crippen LogP contribution is -2.62. The lowest BCUT2D eigenvalue weighted by molar-refractivity contribution is -0.216. The van der Waals surface area contributed by atoms with Crippen molar-refractivity contribution < 1.29 is 23.5 Å². The molecule has 1 aliphatic carbocycles. The molecule has 0 aromatic carbocycles. The van der Waals surface area contributed by atoms with Crippen molar-refractivity contribution in [2.75, 3.05) is 6.54 Å². The zero-order valence-corrected chi connectivity index (χ0v) is 12.6. The molecule has 0 spiro atoms. The third-order valence-electron chi connectivity index (χ3n) is 4.32. The summed E-state index contributed by atoms with van der Waals surface area (Å²) in [6.45, 7) is 5.75. The van der Waals surface area contributed by atoms with Gasteiger partial charge in [0.15, 0.2) is 0 Å². The van der Waals surface area contributed by atoms with Gasteiger partial charge in [0.2, 0.25) is 5.91 Å². The number of aliphatic hydroxyl groups is 1. The van der Waals surface area contributed by atoms with E-state index in [4.69, 9.17) is 0 Å². The van der Waals surface area contributed by atoms with Gasteiger partial charge in [0, 0.05) is 18.5 Å². The first-order valence-corrected chi connectivity index (χ1v) is 7.19. The fourth-order valence-electron chi connectivity index (χ4n) is 2.77. The number of nitrogens with zero attached hydrogens (tertiary/aromatic N) is 1. The van der Waals surface area contributed by atoms with Gasteiger partial charge in [-0.15, -0.1) is 0 Å². The van der Waals surface area contributed by atoms with Gasteiger partial charge in [0.1, 0.15) is 5.60 Å². The smallest absolute Gasteiger partial charge is 0.352 e. The number of hydrogen-bond acceptors (Lipinski definition) is 3. The van der Waals surface area contributed by atoms with E-state index >= 15 is 0 Å². The lowest BCUT2D eigenvalue weighted by atomic mass is 9.75. The number of hydrogen-bond donors (Lipinski definition) is 2. The summed E-state index contributed by atoms with van der Waals surface area (Å²) in [7, 11) is 0. The number of nitrogens with one attached hydrogen (secondary N) is 1. The Morgan fingerprint density at radius 1 is 1.38 bits per heavy atom. The highest BCUT2D eigenvalue weighted by Gasteiger charge is 2.61. The van der Waals surface area contributed by atoms with Crippen LogP contribution in [-0.4, -0.2) is 51.5 Å². The molecule has 1 heterocycles. The molecular formula is C14H22F2N2O3. The molecule has 2 fully saturated rings. The van der Waals surface area contributed by atoms with Gasteiger partial charge in [0.25, 0.3) is 5.91 Å². The Bertz CT molecular complexity index is 456. The normalized spacial score (nSPS) is 25.7. The van der Waals surface area contributed by atoms with Crippen molar-refractivity contribution >= 4 is 11.8 Å². The Labute approximate surface area is 122 Å². The first-order valence-electron chi connectivity index (χ1n) is 7.19. The average molecular weight is 304 g/mol. The number of amides is 2. The van der Waals surface area contributed by atoms with Crippen molar-refractivity contribution in [3.05, 3.63) is 0 Å². The van der Waals surface area contributed by atoms with Crippen molar-refractivity contribution in [2.24, 2.45) is 0 Å². The van der Waals surface area contributed by atoms with Crippen LogP contribution in [0.3, 0.4) is 0 Å². The first kappa shape index (κ1) is 16.1. The highest BCUT2D eigenvalue weighted by molar-refractivity contribution is 5.87. The average Bonchev–Trinajstić information content (AvgIpc) is 2.66. The molecule has 1 aliphatic heterocycles. The lowest BCUT2D eigenvalue weighted by Gasteiger charge is -2.41. The molecule has 5 nitrogen and oxygen atoms in total. The quantitative estimate of drug-likeness (QED) is 0.819. The Balaban J connectivity index is 2.00. The van der Waals surface area contributed by atoms with E-state index in [9.17, 15) is 23.5 Å². The van der Waals surface area contributed by atoms with Crippen LogP contribution < -0.4 is 5.32 Å². The summed E-state index contributed by atoms with van der Waals surface area (Å²) in [5, 5.41) is 11.9. The molecule has 1 saturated heterocycles. The molecule has 0 aromatic rings. The standard InChI is InChI=1S/C14H22F2N2O3/c1-12(2,3)18-8-9(7-10(18)19)17-11(20)14(15,16)13(21)5-4-6-13/h9,21H,4-8H2,1-3H3,(H,17,20). The van der Waals surface area contributed by atoms with Gasteiger partial charge in [-0.2, -0.15) is 8.78 Å². The van der Waals surface area contributed by atoms with Crippen LogP contribution in [0.2, 0.25) is 0 Å². The minimum absolute atomic E-state index is 0.0114. The van der Waals surface area contributed by atoms with Crippen LogP contribution in [0.4, 0.5) is 8.78 Å². The monoisotopic (exact) mass is 304 g/mol. The number of halogens is 2. The molecule has 2 rings (SSSR count). The molecule has 2 amide bonds. The Kier molecular flexibility index (Phi) is 3.76. The second-order valence-electron chi connectivity index (χ2n) is 7.01. The molecule has 120 valence electrons. The zero-order chi connectivity index (χ0) is 16.1. The predicted octanol–water partition coefficient (Wildman–Crippen LogP) is 1.05. The number of carbonyl (C=O) groups is 2. The third kappa shape index (κ3) is 2.75. The molecule has 0 bridgehead atoms. The maximum atomic E-state index is 14.0. The van der Waals surface area contributed by atoms with Crippen LogP contribution in [0.1, 0.15) is 46.5 Å². The highest BCUT2D eigenvalue weighted by atomic mass is 19.3. The van der Waals surface area contributed by atoms with Crippen LogP contribution in [0.15, 0.2) is 0 Å². The molecule has 1 saturated carbocycles. The maximum Gasteiger partial charge on any atom is 0.352 e. The van der Waals surface area contributed by atoms with Crippen molar-refractivity contribution in [1.82, 2.24) is 10.2 Å². The first-order chi connectivity index (χ1) is 9.47. The number of rotatable bonds is 3. The fraction of sp³-hybridized carbons (Fsp3) is 0.857. The number of carbonyl (C=O) groups excluding carboxylic acids is 2. The van der Waals surface area contributed by atoms with Crippen LogP contribution in [0.25, 0.3) is 0 Å². The summed E-state index contributed by atoms with van der Waals surface area (Å²) in [5.41, 5.74) is -2.64. The summed E-state index contributed by atoms with van der Waals surface area (Å²) >= 11 is 0. The van der Waals surface area contributed by atoms with Crippen molar-refractivity contribution in [2.45, 2.75) is 69.6 Å². The van der Waals surface area contributed by atoms with E-state index in [1.54, 1.807) is 4.90 Å². The zero-order valence-electron chi connectivity index (χ0n) is 12.6. The van der Waals surface area contributed by atoms with E-state index in [0.29, 0.717) is 6.42 Å². The largest absolute Gasteiger partial charge is 0.383 e. The van der Waals surface area contributed by atoms with Crippen LogP contribution >= 0.6 is 0 Å². The Hall–Kier alpha value is -1.24. The van der Waals surface area contributed by atoms with E-state index in [1.165, 1.54) is 0 Å². The second kappa shape index (κ2) is 4.90. The Morgan fingerprint density at radius 3 is 2.33 bits per heavy atom. The summed E-state index contributed by atoms with van der Waals surface area (Å²) in [6, 6.07) is -0.640. The molecule has 2 N–H and O–H groups in total. The molecule has 7 heteroatoms. The van der Waals surface area contributed by atoms with E-state index in [-0.39, 0.29) is 31.7 Å². The van der Waals surface area contributed by atoms with Crippen LogP contribution in [0.5, 0.6) is 0 Å². The minimum Gasteiger partial charge on any atom is -0.383 e. The SMILES string of the molecule is CC(C)(C)N1CC(NC(=O)C(F)(F)C2(O)CCC2)CC1=O. The van der Waals surface area contributed by atoms with Gasteiger partial charge in [-0.1, -0.05) is 0 Å². The summed E-state index contributed by atoms with van der Waals surface area (Å²) in [5.74, 6) is -5.47. The third-order valence-corrected chi connectivity index (χ3v) is 4.32. The topological polar surface area (TPSA) is 69.6 Å². The fourth-order valence-corrected chi connectivity index (χ4v) is 2.77. The van der Waals surface area contributed by atoms with Gasteiger partial charge >= 0.3 is 5.92 Å². The van der Waals surface area contributed by atoms with Gasteiger partial charge in [-0.3, -0.25) is 9.59 Å². The Morgan fingerprint density at radius 2 is 1.95 bits per heavy atom. The van der Waals surface area contributed by atoms with E-state index < -0.39 is 29.0 Å². The molecule has 0 radical (unpaired) electrons. The molecular weight excluding hydrogens is 282 g/mol. The van der Waals surface area contributed by atoms with Gasteiger partial charge in [-0.05, 0) is 40.0 Å².